The topological polar surface area (TPSA) is 53.4 Å². The second kappa shape index (κ2) is 4.99. The fourth-order valence-electron chi connectivity index (χ4n) is 1.89. The van der Waals surface area contributed by atoms with Crippen LogP contribution in [0.25, 0.3) is 10.9 Å². The van der Waals surface area contributed by atoms with Crippen LogP contribution in [-0.2, 0) is 0 Å². The first-order chi connectivity index (χ1) is 9.28. The van der Waals surface area contributed by atoms with E-state index in [1.807, 2.05) is 0 Å². The Kier molecular flexibility index (Phi) is 3.52. The van der Waals surface area contributed by atoms with Gasteiger partial charge in [-0.2, -0.15) is 13.2 Å². The lowest BCUT2D eigenvalue weighted by Gasteiger charge is -2.20. The van der Waals surface area contributed by atoms with Crippen LogP contribution in [0, 0.1) is 0 Å². The lowest BCUT2D eigenvalue weighted by atomic mass is 10.1. The number of alkyl halides is 3. The van der Waals surface area contributed by atoms with E-state index in [9.17, 15) is 18.0 Å². The molecule has 4 nitrogen and oxygen atoms in total. The Morgan fingerprint density at radius 3 is 2.60 bits per heavy atom. The van der Waals surface area contributed by atoms with Crippen molar-refractivity contribution in [3.63, 3.8) is 0 Å². The van der Waals surface area contributed by atoms with Crippen LogP contribution in [-0.4, -0.2) is 35.8 Å². The Balaban J connectivity index is 2.42. The maximum absolute atomic E-state index is 12.3. The van der Waals surface area contributed by atoms with E-state index in [0.717, 1.165) is 4.90 Å². The highest BCUT2D eigenvalue weighted by molar-refractivity contribution is 6.02. The summed E-state index contributed by atoms with van der Waals surface area (Å²) in [6, 6.07) is 7.33. The number of rotatable bonds is 3. The fraction of sp³-hybridized carbons (Fsp3) is 0.231. The summed E-state index contributed by atoms with van der Waals surface area (Å²) in [4.78, 5) is 16.1. The van der Waals surface area contributed by atoms with Crippen molar-refractivity contribution in [2.24, 2.45) is 0 Å². The molecule has 0 atom stereocenters. The first kappa shape index (κ1) is 14.1. The van der Waals surface area contributed by atoms with E-state index in [1.54, 1.807) is 6.07 Å². The molecular weight excluding hydrogens is 273 g/mol. The number of carboxylic acid groups (broad SMARTS) is 1. The molecule has 0 amide bonds. The molecule has 0 aliphatic rings. The number of anilines is 1. The van der Waals surface area contributed by atoms with Crippen molar-refractivity contribution in [2.75, 3.05) is 18.5 Å². The fourth-order valence-corrected chi connectivity index (χ4v) is 1.89. The number of aromatic carboxylic acids is 1. The van der Waals surface area contributed by atoms with Crippen molar-refractivity contribution < 1.29 is 23.1 Å². The molecule has 0 spiro atoms. The summed E-state index contributed by atoms with van der Waals surface area (Å²) in [5, 5.41) is 9.42. The summed E-state index contributed by atoms with van der Waals surface area (Å²) in [7, 11) is 1.28. The summed E-state index contributed by atoms with van der Waals surface area (Å²) < 4.78 is 37.0. The molecular formula is C13H11F3N2O2. The second-order valence-electron chi connectivity index (χ2n) is 4.32. The van der Waals surface area contributed by atoms with Gasteiger partial charge in [0.25, 0.3) is 0 Å². The predicted molar refractivity (Wildman–Crippen MR) is 68.0 cm³/mol. The molecule has 1 aromatic carbocycles. The molecule has 0 saturated carbocycles. The van der Waals surface area contributed by atoms with E-state index in [2.05, 4.69) is 4.98 Å². The van der Waals surface area contributed by atoms with Gasteiger partial charge in [-0.25, -0.2) is 9.78 Å². The summed E-state index contributed by atoms with van der Waals surface area (Å²) in [5.74, 6) is -0.967. The molecule has 1 aromatic heterocycles. The van der Waals surface area contributed by atoms with Crippen LogP contribution < -0.4 is 4.90 Å². The molecule has 0 bridgehead atoms. The van der Waals surface area contributed by atoms with Gasteiger partial charge in [0.05, 0.1) is 11.1 Å². The highest BCUT2D eigenvalue weighted by Gasteiger charge is 2.29. The number of benzene rings is 1. The summed E-state index contributed by atoms with van der Waals surface area (Å²) in [6.45, 7) is -1.12. The second-order valence-corrected chi connectivity index (χ2v) is 4.32. The molecule has 1 N–H and O–H groups in total. The molecule has 1 heterocycles. The van der Waals surface area contributed by atoms with E-state index < -0.39 is 18.7 Å². The minimum atomic E-state index is -4.33. The average molecular weight is 284 g/mol. The Hall–Kier alpha value is -2.31. The lowest BCUT2D eigenvalue weighted by molar-refractivity contribution is -0.119. The van der Waals surface area contributed by atoms with Gasteiger partial charge >= 0.3 is 12.1 Å². The number of pyridine rings is 1. The Morgan fingerprint density at radius 1 is 1.30 bits per heavy atom. The molecule has 2 rings (SSSR count). The van der Waals surface area contributed by atoms with Crippen molar-refractivity contribution in [3.8, 4) is 0 Å². The molecule has 0 aliphatic heterocycles. The zero-order chi connectivity index (χ0) is 14.9. The first-order valence-corrected chi connectivity index (χ1v) is 5.69. The minimum Gasteiger partial charge on any atom is -0.478 e. The average Bonchev–Trinajstić information content (AvgIpc) is 2.35. The van der Waals surface area contributed by atoms with E-state index in [1.165, 1.54) is 31.3 Å². The van der Waals surface area contributed by atoms with Gasteiger partial charge in [0, 0.05) is 12.4 Å². The number of hydrogen-bond donors (Lipinski definition) is 1. The normalized spacial score (nSPS) is 11.6. The Morgan fingerprint density at radius 2 is 2.00 bits per heavy atom. The number of hydrogen-bond acceptors (Lipinski definition) is 3. The molecule has 0 saturated heterocycles. The van der Waals surface area contributed by atoms with E-state index >= 15 is 0 Å². The van der Waals surface area contributed by atoms with Gasteiger partial charge in [0.2, 0.25) is 0 Å². The summed E-state index contributed by atoms with van der Waals surface area (Å²) in [6.07, 6.45) is -4.33. The first-order valence-electron chi connectivity index (χ1n) is 5.69. The zero-order valence-electron chi connectivity index (χ0n) is 10.5. The third kappa shape index (κ3) is 2.98. The smallest absolute Gasteiger partial charge is 0.405 e. The van der Waals surface area contributed by atoms with Crippen LogP contribution in [0.4, 0.5) is 19.0 Å². The minimum absolute atomic E-state index is 0.0695. The number of aromatic nitrogens is 1. The highest BCUT2D eigenvalue weighted by Crippen LogP contribution is 2.23. The number of carboxylic acids is 1. The van der Waals surface area contributed by atoms with Gasteiger partial charge in [-0.05, 0) is 24.3 Å². The van der Waals surface area contributed by atoms with Gasteiger partial charge in [-0.3, -0.25) is 0 Å². The molecule has 0 aliphatic carbocycles. The van der Waals surface area contributed by atoms with Crippen molar-refractivity contribution in [1.82, 2.24) is 4.98 Å². The third-order valence-corrected chi connectivity index (χ3v) is 2.76. The SMILES string of the molecule is CN(CC(F)(F)F)c1ccc2c(C(=O)O)cccc2n1. The van der Waals surface area contributed by atoms with Crippen molar-refractivity contribution >= 4 is 22.7 Å². The van der Waals surface area contributed by atoms with Crippen LogP contribution >= 0.6 is 0 Å². The van der Waals surface area contributed by atoms with E-state index in [-0.39, 0.29) is 11.4 Å². The number of fused-ring (bicyclic) bond motifs is 1. The van der Waals surface area contributed by atoms with E-state index in [4.69, 9.17) is 5.11 Å². The molecule has 20 heavy (non-hydrogen) atoms. The summed E-state index contributed by atoms with van der Waals surface area (Å²) >= 11 is 0. The van der Waals surface area contributed by atoms with Gasteiger partial charge in [0.1, 0.15) is 12.4 Å². The Labute approximate surface area is 112 Å². The molecule has 0 unspecified atom stereocenters. The van der Waals surface area contributed by atoms with Gasteiger partial charge in [-0.15, -0.1) is 0 Å². The number of halogens is 3. The Bertz CT molecular complexity index is 656. The van der Waals surface area contributed by atoms with E-state index in [0.29, 0.717) is 10.9 Å². The van der Waals surface area contributed by atoms with Crippen LogP contribution in [0.3, 0.4) is 0 Å². The van der Waals surface area contributed by atoms with Crippen molar-refractivity contribution in [3.05, 3.63) is 35.9 Å². The molecule has 0 fully saturated rings. The van der Waals surface area contributed by atoms with Gasteiger partial charge < -0.3 is 10.0 Å². The molecule has 2 aromatic rings. The number of carbonyl (C=O) groups is 1. The molecule has 7 heteroatoms. The third-order valence-electron chi connectivity index (χ3n) is 2.76. The van der Waals surface area contributed by atoms with Gasteiger partial charge in [-0.1, -0.05) is 6.07 Å². The van der Waals surface area contributed by atoms with Crippen LogP contribution in [0.15, 0.2) is 30.3 Å². The monoisotopic (exact) mass is 284 g/mol. The maximum Gasteiger partial charge on any atom is 0.405 e. The summed E-state index contributed by atoms with van der Waals surface area (Å²) in [5.41, 5.74) is 0.413. The largest absolute Gasteiger partial charge is 0.478 e. The maximum atomic E-state index is 12.3. The number of nitrogens with zero attached hydrogens (tertiary/aromatic N) is 2. The predicted octanol–water partition coefficient (Wildman–Crippen LogP) is 2.93. The van der Waals surface area contributed by atoms with Crippen molar-refractivity contribution in [1.29, 1.82) is 0 Å². The van der Waals surface area contributed by atoms with Gasteiger partial charge in [0.15, 0.2) is 0 Å². The lowest BCUT2D eigenvalue weighted by Crippen LogP contribution is -2.31. The molecule has 106 valence electrons. The van der Waals surface area contributed by atoms with Crippen molar-refractivity contribution in [2.45, 2.75) is 6.18 Å². The van der Waals surface area contributed by atoms with Crippen LogP contribution in [0.2, 0.25) is 0 Å². The highest BCUT2D eigenvalue weighted by atomic mass is 19.4. The van der Waals surface area contributed by atoms with Crippen LogP contribution in [0.5, 0.6) is 0 Å². The standard InChI is InChI=1S/C13H11F3N2O2/c1-18(7-13(14,15)16)11-6-5-8-9(12(19)20)3-2-4-10(8)17-11/h2-6H,7H2,1H3,(H,19,20). The van der Waals surface area contributed by atoms with Crippen LogP contribution in [0.1, 0.15) is 10.4 Å². The quantitative estimate of drug-likeness (QED) is 0.941. The zero-order valence-corrected chi connectivity index (χ0v) is 10.5. The molecule has 0 radical (unpaired) electrons.